The van der Waals surface area contributed by atoms with E-state index in [1.54, 1.807) is 24.3 Å². The normalized spacial score (nSPS) is 13.9. The molecular weight excluding hydrogens is 640 g/mol. The van der Waals surface area contributed by atoms with E-state index < -0.39 is 26.4 Å². The molecule has 0 saturated carbocycles. The third kappa shape index (κ3) is 7.19. The quantitative estimate of drug-likeness (QED) is 0.109. The van der Waals surface area contributed by atoms with Crippen LogP contribution in [-0.4, -0.2) is 68.7 Å². The Kier molecular flexibility index (Phi) is 9.73. The van der Waals surface area contributed by atoms with Crippen LogP contribution in [-0.2, 0) is 27.6 Å². The van der Waals surface area contributed by atoms with Crippen molar-refractivity contribution in [2.24, 2.45) is 0 Å². The Morgan fingerprint density at radius 3 is 2.38 bits per heavy atom. The van der Waals surface area contributed by atoms with Crippen LogP contribution in [0, 0.1) is 12.1 Å². The van der Waals surface area contributed by atoms with Crippen molar-refractivity contribution in [3.8, 4) is 11.6 Å². The molecule has 0 radical (unpaired) electrons. The van der Waals surface area contributed by atoms with Gasteiger partial charge in [0, 0.05) is 56.2 Å². The number of sulfone groups is 1. The van der Waals surface area contributed by atoms with Crippen LogP contribution in [0.4, 0.5) is 0 Å². The minimum absolute atomic E-state index is 0.0136. The van der Waals surface area contributed by atoms with Crippen molar-refractivity contribution in [2.45, 2.75) is 36.2 Å². The average molecular weight is 675 g/mol. The predicted octanol–water partition coefficient (Wildman–Crippen LogP) is 3.29. The molecule has 0 atom stereocenters. The number of aromatic nitrogens is 2. The van der Waals surface area contributed by atoms with Gasteiger partial charge in [0.15, 0.2) is 0 Å². The van der Waals surface area contributed by atoms with E-state index in [1.165, 1.54) is 29.8 Å². The third-order valence-electron chi connectivity index (χ3n) is 8.27. The highest BCUT2D eigenvalue weighted by atomic mass is 32.2. The molecule has 3 heterocycles. The number of fused-ring (bicyclic) bond motifs is 1. The standard InChI is InChI=1S/C34H34N4O9S/c1-24-28-13-12-26(44-20-21-45-32-33(38(41)47-35-32)48(42,43)27-10-6-3-7-11-27)22-30(28)46-34(40)29(24)14-15-31(39)37-18-16-36(17-19-37)23-25-8-4-2-5-9-25/h2-13,22H,14-21,23H2,1H3. The van der Waals surface area contributed by atoms with Gasteiger partial charge in [0.2, 0.25) is 5.91 Å². The lowest BCUT2D eigenvalue weighted by atomic mass is 10.0. The number of carbonyl (C=O) groups is 1. The number of nitrogens with zero attached hydrogens (tertiary/aromatic N) is 4. The molecule has 6 rings (SSSR count). The molecule has 0 unspecified atom stereocenters. The van der Waals surface area contributed by atoms with Gasteiger partial charge in [-0.15, -0.1) is 0 Å². The summed E-state index contributed by atoms with van der Waals surface area (Å²) in [5.74, 6) is -0.104. The molecule has 0 spiro atoms. The summed E-state index contributed by atoms with van der Waals surface area (Å²) in [7, 11) is -4.25. The first-order chi connectivity index (χ1) is 23.2. The first kappa shape index (κ1) is 32.7. The van der Waals surface area contributed by atoms with Crippen LogP contribution in [0.3, 0.4) is 0 Å². The van der Waals surface area contributed by atoms with Crippen LogP contribution in [0.2, 0.25) is 0 Å². The second-order valence-corrected chi connectivity index (χ2v) is 13.2. The van der Waals surface area contributed by atoms with Crippen LogP contribution >= 0.6 is 0 Å². The third-order valence-corrected chi connectivity index (χ3v) is 9.99. The van der Waals surface area contributed by atoms with Gasteiger partial charge in [-0.2, -0.15) is 0 Å². The summed E-state index contributed by atoms with van der Waals surface area (Å²) in [6.45, 7) is 5.36. The molecule has 13 nitrogen and oxygen atoms in total. The van der Waals surface area contributed by atoms with Crippen LogP contribution in [0.5, 0.6) is 11.6 Å². The minimum Gasteiger partial charge on any atom is -0.490 e. The summed E-state index contributed by atoms with van der Waals surface area (Å²) < 4.78 is 47.1. The molecule has 2 aromatic heterocycles. The van der Waals surface area contributed by atoms with Crippen LogP contribution in [0.1, 0.15) is 23.1 Å². The second-order valence-electron chi connectivity index (χ2n) is 11.3. The van der Waals surface area contributed by atoms with Crippen LogP contribution in [0.15, 0.2) is 103 Å². The molecule has 1 amide bonds. The summed E-state index contributed by atoms with van der Waals surface area (Å²) in [6, 6.07) is 22.7. The topological polar surface area (TPSA) is 159 Å². The Morgan fingerprint density at radius 1 is 0.958 bits per heavy atom. The Morgan fingerprint density at radius 2 is 1.65 bits per heavy atom. The van der Waals surface area contributed by atoms with Gasteiger partial charge >= 0.3 is 16.5 Å². The maximum Gasteiger partial charge on any atom is 0.415 e. The fraction of sp³-hybridized carbons (Fsp3) is 0.294. The number of hydrogen-bond acceptors (Lipinski definition) is 11. The van der Waals surface area contributed by atoms with E-state index in [0.717, 1.165) is 25.2 Å². The zero-order valence-electron chi connectivity index (χ0n) is 26.2. The van der Waals surface area contributed by atoms with E-state index in [0.29, 0.717) is 35.4 Å². The molecule has 14 heteroatoms. The summed E-state index contributed by atoms with van der Waals surface area (Å²) in [4.78, 5) is 29.8. The van der Waals surface area contributed by atoms with Crippen LogP contribution in [0.25, 0.3) is 11.0 Å². The number of carbonyl (C=O) groups excluding carboxylic acids is 1. The molecule has 1 aliphatic rings. The lowest BCUT2D eigenvalue weighted by Gasteiger charge is -2.34. The van der Waals surface area contributed by atoms with Crippen molar-refractivity contribution >= 4 is 26.7 Å². The Labute approximate surface area is 276 Å². The Bertz CT molecular complexity index is 2060. The van der Waals surface area contributed by atoms with Crippen molar-refractivity contribution in [3.63, 3.8) is 0 Å². The molecular formula is C34H34N4O9S. The number of rotatable bonds is 12. The minimum atomic E-state index is -4.25. The van der Waals surface area contributed by atoms with Gasteiger partial charge in [-0.25, -0.2) is 13.2 Å². The van der Waals surface area contributed by atoms with E-state index >= 15 is 0 Å². The Balaban J connectivity index is 1.02. The fourth-order valence-electron chi connectivity index (χ4n) is 5.68. The van der Waals surface area contributed by atoms with E-state index in [1.807, 2.05) is 30.0 Å². The van der Waals surface area contributed by atoms with E-state index in [-0.39, 0.29) is 41.8 Å². The molecule has 0 bridgehead atoms. The fourth-order valence-corrected chi connectivity index (χ4v) is 6.97. The maximum atomic E-state index is 13.0. The van der Waals surface area contributed by atoms with Gasteiger partial charge in [-0.05, 0) is 53.6 Å². The molecule has 48 heavy (non-hydrogen) atoms. The molecule has 5 aromatic rings. The van der Waals surface area contributed by atoms with E-state index in [4.69, 9.17) is 13.9 Å². The van der Waals surface area contributed by atoms with Gasteiger partial charge in [0.1, 0.15) is 24.5 Å². The summed E-state index contributed by atoms with van der Waals surface area (Å²) in [5.41, 5.74) is 2.26. The first-order valence-corrected chi connectivity index (χ1v) is 16.9. The highest BCUT2D eigenvalue weighted by molar-refractivity contribution is 7.91. The van der Waals surface area contributed by atoms with E-state index in [9.17, 15) is 23.2 Å². The van der Waals surface area contributed by atoms with Gasteiger partial charge in [0.05, 0.1) is 10.1 Å². The van der Waals surface area contributed by atoms with Crippen molar-refractivity contribution in [2.75, 3.05) is 39.4 Å². The summed E-state index contributed by atoms with van der Waals surface area (Å²) in [6.07, 6.45) is 0.485. The Hall–Kier alpha value is -5.21. The molecule has 0 aliphatic carbocycles. The number of aryl methyl sites for hydroxylation is 1. The van der Waals surface area contributed by atoms with Gasteiger partial charge in [0.25, 0.3) is 9.84 Å². The maximum absolute atomic E-state index is 13.0. The van der Waals surface area contributed by atoms with Crippen LogP contribution < -0.4 is 20.0 Å². The van der Waals surface area contributed by atoms with Gasteiger partial charge in [-0.1, -0.05) is 48.5 Å². The highest BCUT2D eigenvalue weighted by Gasteiger charge is 2.35. The molecule has 0 N–H and O–H groups in total. The molecule has 1 saturated heterocycles. The molecule has 3 aromatic carbocycles. The van der Waals surface area contributed by atoms with Crippen molar-refractivity contribution < 1.29 is 36.6 Å². The predicted molar refractivity (Wildman–Crippen MR) is 172 cm³/mol. The molecule has 250 valence electrons. The smallest absolute Gasteiger partial charge is 0.415 e. The monoisotopic (exact) mass is 674 g/mol. The van der Waals surface area contributed by atoms with Crippen molar-refractivity contribution in [3.05, 3.63) is 111 Å². The first-order valence-electron chi connectivity index (χ1n) is 15.5. The number of hydrogen-bond donors (Lipinski definition) is 0. The SMILES string of the molecule is Cc1c(CCC(=O)N2CCN(Cc3ccccc3)CC2)c(=O)oc2cc(OCCOc3no[n+]([O-])c3S(=O)(=O)c3ccccc3)ccc12. The molecule has 1 fully saturated rings. The summed E-state index contributed by atoms with van der Waals surface area (Å²) >= 11 is 0. The lowest BCUT2D eigenvalue weighted by Crippen LogP contribution is -2.48. The zero-order chi connectivity index (χ0) is 33.7. The van der Waals surface area contributed by atoms with Gasteiger partial charge in [-0.3, -0.25) is 14.3 Å². The van der Waals surface area contributed by atoms with Crippen molar-refractivity contribution in [1.82, 2.24) is 15.0 Å². The summed E-state index contributed by atoms with van der Waals surface area (Å²) in [5, 5.41) is 15.4. The lowest BCUT2D eigenvalue weighted by molar-refractivity contribution is -0.832. The number of amides is 1. The number of piperazine rings is 1. The zero-order valence-corrected chi connectivity index (χ0v) is 27.1. The molecule has 1 aliphatic heterocycles. The average Bonchev–Trinajstić information content (AvgIpc) is 3.48. The highest BCUT2D eigenvalue weighted by Crippen LogP contribution is 2.26. The number of ether oxygens (including phenoxy) is 2. The van der Waals surface area contributed by atoms with E-state index in [2.05, 4.69) is 26.8 Å². The van der Waals surface area contributed by atoms with Crippen molar-refractivity contribution in [1.29, 1.82) is 0 Å². The second kappa shape index (κ2) is 14.3. The number of benzene rings is 3. The van der Waals surface area contributed by atoms with Gasteiger partial charge < -0.3 is 24.0 Å². The largest absolute Gasteiger partial charge is 0.490 e.